The van der Waals surface area contributed by atoms with Crippen LogP contribution in [0.5, 0.6) is 0 Å². The zero-order chi connectivity index (χ0) is 15.0. The minimum absolute atomic E-state index is 0.0283. The van der Waals surface area contributed by atoms with Crippen LogP contribution in [0.1, 0.15) is 36.0 Å². The molecule has 0 saturated heterocycles. The van der Waals surface area contributed by atoms with Crippen LogP contribution in [0.25, 0.3) is 10.2 Å². The highest BCUT2D eigenvalue weighted by molar-refractivity contribution is 7.18. The first kappa shape index (κ1) is 14.7. The second-order valence-corrected chi connectivity index (χ2v) is 6.81. The Morgan fingerprint density at radius 1 is 1.43 bits per heavy atom. The fourth-order valence-corrected chi connectivity index (χ4v) is 3.78. The molecular formula is C15H21N3O2S. The molecule has 3 rings (SSSR count). The Morgan fingerprint density at radius 2 is 2.19 bits per heavy atom. The van der Waals surface area contributed by atoms with Gasteiger partial charge in [0.15, 0.2) is 0 Å². The molecule has 21 heavy (non-hydrogen) atoms. The van der Waals surface area contributed by atoms with Crippen LogP contribution in [0.3, 0.4) is 0 Å². The van der Waals surface area contributed by atoms with E-state index in [1.54, 1.807) is 11.3 Å². The molecule has 1 aliphatic carbocycles. The van der Waals surface area contributed by atoms with Crippen LogP contribution in [0.15, 0.2) is 4.79 Å². The lowest BCUT2D eigenvalue weighted by Crippen LogP contribution is -2.45. The lowest BCUT2D eigenvalue weighted by molar-refractivity contribution is -0.0103. The van der Waals surface area contributed by atoms with Crippen LogP contribution in [-0.2, 0) is 11.3 Å². The molecule has 114 valence electrons. The number of nitrogens with one attached hydrogen (secondary N) is 2. The Morgan fingerprint density at radius 3 is 2.90 bits per heavy atom. The number of rotatable bonds is 5. The predicted molar refractivity (Wildman–Crippen MR) is 85.0 cm³/mol. The van der Waals surface area contributed by atoms with Gasteiger partial charge in [-0.15, -0.1) is 11.3 Å². The first-order chi connectivity index (χ1) is 10.1. The Kier molecular flexibility index (Phi) is 4.10. The SMILES string of the molecule is CCOC1CC(NCc2nc3sc(C)c(C)c3c(=O)[nH]2)C1. The zero-order valence-corrected chi connectivity index (χ0v) is 13.5. The highest BCUT2D eigenvalue weighted by Gasteiger charge is 2.29. The minimum Gasteiger partial charge on any atom is -0.378 e. The molecule has 2 aromatic rings. The average molecular weight is 307 g/mol. The third kappa shape index (κ3) is 2.88. The molecule has 0 radical (unpaired) electrons. The maximum atomic E-state index is 12.2. The van der Waals surface area contributed by atoms with Crippen LogP contribution < -0.4 is 10.9 Å². The van der Waals surface area contributed by atoms with Crippen molar-refractivity contribution in [2.75, 3.05) is 6.61 Å². The minimum atomic E-state index is -0.0283. The normalized spacial score (nSPS) is 21.7. The van der Waals surface area contributed by atoms with Crippen molar-refractivity contribution in [2.24, 2.45) is 0 Å². The predicted octanol–water partition coefficient (Wildman–Crippen LogP) is 2.26. The van der Waals surface area contributed by atoms with Gasteiger partial charge in [-0.05, 0) is 39.2 Å². The molecule has 2 aromatic heterocycles. The average Bonchev–Trinajstić information content (AvgIpc) is 2.68. The van der Waals surface area contributed by atoms with Crippen molar-refractivity contribution in [3.63, 3.8) is 0 Å². The highest BCUT2D eigenvalue weighted by atomic mass is 32.1. The van der Waals surface area contributed by atoms with E-state index in [1.807, 2.05) is 20.8 Å². The molecule has 0 bridgehead atoms. The largest absolute Gasteiger partial charge is 0.378 e. The number of H-pyrrole nitrogens is 1. The van der Waals surface area contributed by atoms with Gasteiger partial charge in [0.25, 0.3) is 5.56 Å². The fourth-order valence-electron chi connectivity index (χ4n) is 2.73. The molecule has 0 unspecified atom stereocenters. The molecule has 1 fully saturated rings. The van der Waals surface area contributed by atoms with Gasteiger partial charge >= 0.3 is 0 Å². The third-order valence-corrected chi connectivity index (χ3v) is 5.24. The van der Waals surface area contributed by atoms with E-state index in [4.69, 9.17) is 4.74 Å². The Bertz CT molecular complexity index is 701. The molecule has 0 aromatic carbocycles. The van der Waals surface area contributed by atoms with E-state index in [0.29, 0.717) is 24.5 Å². The fraction of sp³-hybridized carbons (Fsp3) is 0.600. The maximum Gasteiger partial charge on any atom is 0.259 e. The summed E-state index contributed by atoms with van der Waals surface area (Å²) in [4.78, 5) is 21.6. The zero-order valence-electron chi connectivity index (χ0n) is 12.7. The van der Waals surface area contributed by atoms with Crippen molar-refractivity contribution < 1.29 is 4.74 Å². The summed E-state index contributed by atoms with van der Waals surface area (Å²) in [5.41, 5.74) is 1.02. The van der Waals surface area contributed by atoms with Gasteiger partial charge in [0.05, 0.1) is 18.0 Å². The topological polar surface area (TPSA) is 67.0 Å². The van der Waals surface area contributed by atoms with Gasteiger partial charge in [0, 0.05) is 17.5 Å². The molecule has 2 heterocycles. The molecule has 1 saturated carbocycles. The maximum absolute atomic E-state index is 12.2. The summed E-state index contributed by atoms with van der Waals surface area (Å²) in [5.74, 6) is 0.716. The van der Waals surface area contributed by atoms with Crippen LogP contribution in [0.4, 0.5) is 0 Å². The summed E-state index contributed by atoms with van der Waals surface area (Å²) in [5, 5.41) is 4.17. The van der Waals surface area contributed by atoms with E-state index in [0.717, 1.165) is 40.1 Å². The second-order valence-electron chi connectivity index (χ2n) is 5.60. The number of aryl methyl sites for hydroxylation is 2. The van der Waals surface area contributed by atoms with Crippen molar-refractivity contribution in [1.29, 1.82) is 0 Å². The molecule has 0 spiro atoms. The van der Waals surface area contributed by atoms with Crippen LogP contribution >= 0.6 is 11.3 Å². The summed E-state index contributed by atoms with van der Waals surface area (Å²) in [6, 6.07) is 0.467. The summed E-state index contributed by atoms with van der Waals surface area (Å²) < 4.78 is 5.54. The summed E-state index contributed by atoms with van der Waals surface area (Å²) in [6.07, 6.45) is 2.47. The second kappa shape index (κ2) is 5.87. The van der Waals surface area contributed by atoms with Crippen molar-refractivity contribution in [3.05, 3.63) is 26.6 Å². The Hall–Kier alpha value is -1.24. The third-order valence-electron chi connectivity index (χ3n) is 4.14. The molecule has 0 aliphatic heterocycles. The quantitative estimate of drug-likeness (QED) is 0.889. The first-order valence-electron chi connectivity index (χ1n) is 7.42. The van der Waals surface area contributed by atoms with E-state index >= 15 is 0 Å². The van der Waals surface area contributed by atoms with Gasteiger partial charge in [-0.25, -0.2) is 4.98 Å². The van der Waals surface area contributed by atoms with Gasteiger partial charge in [-0.1, -0.05) is 0 Å². The van der Waals surface area contributed by atoms with E-state index in [-0.39, 0.29) is 5.56 Å². The monoisotopic (exact) mass is 307 g/mol. The molecule has 0 amide bonds. The number of thiophene rings is 1. The van der Waals surface area contributed by atoms with E-state index in [1.165, 1.54) is 0 Å². The highest BCUT2D eigenvalue weighted by Crippen LogP contribution is 2.26. The number of aromatic amines is 1. The number of hydrogen-bond donors (Lipinski definition) is 2. The number of ether oxygens (including phenoxy) is 1. The lowest BCUT2D eigenvalue weighted by Gasteiger charge is -2.35. The van der Waals surface area contributed by atoms with Gasteiger partial charge in [0.1, 0.15) is 10.7 Å². The number of nitrogens with zero attached hydrogens (tertiary/aromatic N) is 1. The number of aromatic nitrogens is 2. The van der Waals surface area contributed by atoms with Crippen LogP contribution in [-0.4, -0.2) is 28.7 Å². The van der Waals surface area contributed by atoms with Gasteiger partial charge < -0.3 is 15.0 Å². The Labute approximate surface area is 127 Å². The number of fused-ring (bicyclic) bond motifs is 1. The van der Waals surface area contributed by atoms with Crippen LogP contribution in [0.2, 0.25) is 0 Å². The molecule has 5 nitrogen and oxygen atoms in total. The van der Waals surface area contributed by atoms with E-state index in [9.17, 15) is 4.79 Å². The van der Waals surface area contributed by atoms with Gasteiger partial charge in [0.2, 0.25) is 0 Å². The standard InChI is InChI=1S/C15H21N3O2S/c1-4-20-11-5-10(6-11)16-7-12-17-14(19)13-8(2)9(3)21-15(13)18-12/h10-11,16H,4-7H2,1-3H3,(H,17,18,19). The molecule has 2 N–H and O–H groups in total. The smallest absolute Gasteiger partial charge is 0.259 e. The van der Waals surface area contributed by atoms with Crippen molar-refractivity contribution in [3.8, 4) is 0 Å². The van der Waals surface area contributed by atoms with E-state index < -0.39 is 0 Å². The van der Waals surface area contributed by atoms with Crippen LogP contribution in [0, 0.1) is 13.8 Å². The van der Waals surface area contributed by atoms with E-state index in [2.05, 4.69) is 15.3 Å². The summed E-state index contributed by atoms with van der Waals surface area (Å²) >= 11 is 1.59. The molecule has 1 aliphatic rings. The Balaban J connectivity index is 1.67. The van der Waals surface area contributed by atoms with Crippen molar-refractivity contribution in [2.45, 2.75) is 52.3 Å². The molecular weight excluding hydrogens is 286 g/mol. The van der Waals surface area contributed by atoms with Crippen molar-refractivity contribution >= 4 is 21.6 Å². The van der Waals surface area contributed by atoms with Crippen molar-refractivity contribution in [1.82, 2.24) is 15.3 Å². The van der Waals surface area contributed by atoms with Gasteiger partial charge in [-0.2, -0.15) is 0 Å². The number of hydrogen-bond acceptors (Lipinski definition) is 5. The first-order valence-corrected chi connectivity index (χ1v) is 8.24. The summed E-state index contributed by atoms with van der Waals surface area (Å²) in [7, 11) is 0. The van der Waals surface area contributed by atoms with Gasteiger partial charge in [-0.3, -0.25) is 4.79 Å². The molecule has 0 atom stereocenters. The lowest BCUT2D eigenvalue weighted by atomic mass is 9.89. The summed E-state index contributed by atoms with van der Waals surface area (Å²) in [6.45, 7) is 7.41. The molecule has 6 heteroatoms.